The zero-order valence-electron chi connectivity index (χ0n) is 16.5. The number of carbonyl (C=O) groups excluding carboxylic acids is 1. The molecule has 3 rings (SSSR count). The minimum absolute atomic E-state index is 0.0193. The lowest BCUT2D eigenvalue weighted by Crippen LogP contribution is -2.16. The van der Waals surface area contributed by atoms with Crippen molar-refractivity contribution in [2.24, 2.45) is 0 Å². The minimum atomic E-state index is -3.84. The molecule has 1 heterocycles. The molecule has 0 saturated heterocycles. The van der Waals surface area contributed by atoms with E-state index in [1.807, 2.05) is 18.2 Å². The summed E-state index contributed by atoms with van der Waals surface area (Å²) in [6.07, 6.45) is 0.838. The Morgan fingerprint density at radius 3 is 2.30 bits per heavy atom. The Balaban J connectivity index is 1.61. The molecule has 0 fully saturated rings. The van der Waals surface area contributed by atoms with Crippen LogP contribution in [0.5, 0.6) is 0 Å². The van der Waals surface area contributed by atoms with E-state index in [1.54, 1.807) is 26.0 Å². The van der Waals surface area contributed by atoms with E-state index in [1.165, 1.54) is 24.3 Å². The van der Waals surface area contributed by atoms with Crippen molar-refractivity contribution in [2.45, 2.75) is 31.6 Å². The summed E-state index contributed by atoms with van der Waals surface area (Å²) in [6, 6.07) is 15.0. The highest BCUT2D eigenvalue weighted by atomic mass is 35.5. The molecule has 3 aromatic rings. The second-order valence-electron chi connectivity index (χ2n) is 6.78. The molecule has 0 radical (unpaired) electrons. The fraction of sp³-hybridized carbons (Fsp3) is 0.190. The van der Waals surface area contributed by atoms with Gasteiger partial charge in [-0.2, -0.15) is 0 Å². The van der Waals surface area contributed by atoms with Gasteiger partial charge in [0.2, 0.25) is 11.9 Å². The fourth-order valence-electron chi connectivity index (χ4n) is 2.84. The molecule has 1 amide bonds. The maximum Gasteiger partial charge on any atom is 0.264 e. The lowest BCUT2D eigenvalue weighted by molar-refractivity contribution is -0.116. The first kappa shape index (κ1) is 21.7. The molecule has 2 aromatic carbocycles. The van der Waals surface area contributed by atoms with Crippen LogP contribution in [0.15, 0.2) is 59.5 Å². The fourth-order valence-corrected chi connectivity index (χ4v) is 4.00. The summed E-state index contributed by atoms with van der Waals surface area (Å²) < 4.78 is 27.5. The van der Waals surface area contributed by atoms with Gasteiger partial charge in [0.1, 0.15) is 0 Å². The van der Waals surface area contributed by atoms with Crippen LogP contribution < -0.4 is 10.0 Å². The van der Waals surface area contributed by atoms with Gasteiger partial charge in [0.15, 0.2) is 0 Å². The monoisotopic (exact) mass is 444 g/mol. The molecule has 156 valence electrons. The maximum absolute atomic E-state index is 12.6. The van der Waals surface area contributed by atoms with Gasteiger partial charge in [-0.05, 0) is 68.3 Å². The van der Waals surface area contributed by atoms with Crippen LogP contribution in [0, 0.1) is 13.8 Å². The number of halogens is 1. The number of sulfonamides is 1. The third kappa shape index (κ3) is 6.01. The second kappa shape index (κ2) is 9.23. The number of anilines is 2. The summed E-state index contributed by atoms with van der Waals surface area (Å²) in [7, 11) is -3.84. The third-order valence-corrected chi connectivity index (χ3v) is 5.77. The van der Waals surface area contributed by atoms with Crippen molar-refractivity contribution in [2.75, 3.05) is 10.0 Å². The van der Waals surface area contributed by atoms with E-state index < -0.39 is 10.0 Å². The lowest BCUT2D eigenvalue weighted by atomic mass is 10.1. The molecule has 30 heavy (non-hydrogen) atoms. The van der Waals surface area contributed by atoms with Crippen molar-refractivity contribution in [3.8, 4) is 0 Å². The van der Waals surface area contributed by atoms with E-state index in [-0.39, 0.29) is 23.2 Å². The quantitative estimate of drug-likeness (QED) is 0.570. The van der Waals surface area contributed by atoms with Gasteiger partial charge in [-0.1, -0.05) is 23.7 Å². The molecule has 0 atom stereocenters. The van der Waals surface area contributed by atoms with Crippen LogP contribution in [-0.4, -0.2) is 24.3 Å². The zero-order valence-corrected chi connectivity index (χ0v) is 18.1. The number of nitrogens with one attached hydrogen (secondary N) is 2. The topological polar surface area (TPSA) is 101 Å². The van der Waals surface area contributed by atoms with E-state index in [4.69, 9.17) is 11.6 Å². The largest absolute Gasteiger partial charge is 0.326 e. The Kier molecular flexibility index (Phi) is 6.69. The minimum Gasteiger partial charge on any atom is -0.326 e. The number of carbonyl (C=O) groups is 1. The molecule has 0 aliphatic rings. The Morgan fingerprint density at radius 2 is 1.67 bits per heavy atom. The molecule has 7 nitrogen and oxygen atoms in total. The first-order chi connectivity index (χ1) is 14.2. The van der Waals surface area contributed by atoms with Gasteiger partial charge >= 0.3 is 0 Å². The summed E-state index contributed by atoms with van der Waals surface area (Å²) in [5, 5.41) is 3.39. The average molecular weight is 445 g/mol. The predicted molar refractivity (Wildman–Crippen MR) is 117 cm³/mol. The molecule has 0 aliphatic carbocycles. The molecule has 2 N–H and O–H groups in total. The van der Waals surface area contributed by atoms with Crippen LogP contribution in [0.1, 0.15) is 23.4 Å². The van der Waals surface area contributed by atoms with Crippen molar-refractivity contribution in [3.05, 3.63) is 76.6 Å². The Bertz CT molecular complexity index is 1140. The van der Waals surface area contributed by atoms with Crippen molar-refractivity contribution in [1.82, 2.24) is 9.97 Å². The average Bonchev–Trinajstić information content (AvgIpc) is 2.66. The van der Waals surface area contributed by atoms with Crippen LogP contribution in [0.4, 0.5) is 11.6 Å². The van der Waals surface area contributed by atoms with Crippen molar-refractivity contribution >= 4 is 39.2 Å². The van der Waals surface area contributed by atoms with Gasteiger partial charge in [0.05, 0.1) is 4.90 Å². The highest BCUT2D eigenvalue weighted by Gasteiger charge is 2.16. The first-order valence-corrected chi connectivity index (χ1v) is 11.1. The second-order valence-corrected chi connectivity index (χ2v) is 8.90. The SMILES string of the molecule is Cc1cc(C)nc(NS(=O)(=O)c2ccc(NC(=O)CCc3cccc(Cl)c3)cc2)n1. The zero-order chi connectivity index (χ0) is 21.7. The first-order valence-electron chi connectivity index (χ1n) is 9.21. The van der Waals surface area contributed by atoms with Crippen molar-refractivity contribution in [3.63, 3.8) is 0 Å². The maximum atomic E-state index is 12.6. The Hall–Kier alpha value is -2.97. The smallest absolute Gasteiger partial charge is 0.264 e. The molecule has 0 unspecified atom stereocenters. The summed E-state index contributed by atoms with van der Waals surface area (Å²) >= 11 is 5.95. The summed E-state index contributed by atoms with van der Waals surface area (Å²) in [5.41, 5.74) is 2.80. The molecule has 9 heteroatoms. The third-order valence-electron chi connectivity index (χ3n) is 4.19. The van der Waals surface area contributed by atoms with E-state index in [2.05, 4.69) is 20.0 Å². The number of rotatable bonds is 7. The number of aromatic nitrogens is 2. The van der Waals surface area contributed by atoms with E-state index in [0.29, 0.717) is 28.5 Å². The van der Waals surface area contributed by atoms with E-state index >= 15 is 0 Å². The molecule has 1 aromatic heterocycles. The number of aryl methyl sites for hydroxylation is 3. The van der Waals surface area contributed by atoms with Crippen molar-refractivity contribution < 1.29 is 13.2 Å². The lowest BCUT2D eigenvalue weighted by Gasteiger charge is -2.09. The van der Waals surface area contributed by atoms with E-state index in [0.717, 1.165) is 5.56 Å². The summed E-state index contributed by atoms with van der Waals surface area (Å²) in [5.74, 6) is -0.154. The van der Waals surface area contributed by atoms with E-state index in [9.17, 15) is 13.2 Å². The molecular weight excluding hydrogens is 424 g/mol. The highest BCUT2D eigenvalue weighted by Crippen LogP contribution is 2.18. The molecule has 0 saturated carbocycles. The molecule has 0 aliphatic heterocycles. The van der Waals surface area contributed by atoms with Gasteiger partial charge in [-0.3, -0.25) is 4.79 Å². The number of benzene rings is 2. The Morgan fingerprint density at radius 1 is 1.00 bits per heavy atom. The summed E-state index contributed by atoms with van der Waals surface area (Å²) in [6.45, 7) is 3.52. The molecular formula is C21H21ClN4O3S. The van der Waals surface area contributed by atoms with Gasteiger partial charge in [-0.25, -0.2) is 23.1 Å². The molecule has 0 spiro atoms. The van der Waals surface area contributed by atoms with Crippen LogP contribution >= 0.6 is 11.6 Å². The number of amides is 1. The predicted octanol–water partition coefficient (Wildman–Crippen LogP) is 4.12. The van der Waals surface area contributed by atoms with Gasteiger partial charge < -0.3 is 5.32 Å². The number of nitrogens with zero attached hydrogens (tertiary/aromatic N) is 2. The number of hydrogen-bond donors (Lipinski definition) is 2. The number of hydrogen-bond acceptors (Lipinski definition) is 5. The molecule has 0 bridgehead atoms. The Labute approximate surface area is 180 Å². The highest BCUT2D eigenvalue weighted by molar-refractivity contribution is 7.92. The van der Waals surface area contributed by atoms with Crippen molar-refractivity contribution in [1.29, 1.82) is 0 Å². The van der Waals surface area contributed by atoms with Crippen LogP contribution in [0.25, 0.3) is 0 Å². The normalized spacial score (nSPS) is 11.2. The van der Waals surface area contributed by atoms with Gasteiger partial charge in [-0.15, -0.1) is 0 Å². The van der Waals surface area contributed by atoms with Gasteiger partial charge in [0, 0.05) is 28.5 Å². The van der Waals surface area contributed by atoms with Crippen LogP contribution in [-0.2, 0) is 21.2 Å². The van der Waals surface area contributed by atoms with Gasteiger partial charge in [0.25, 0.3) is 10.0 Å². The summed E-state index contributed by atoms with van der Waals surface area (Å²) in [4.78, 5) is 20.4. The van der Waals surface area contributed by atoms with Crippen LogP contribution in [0.3, 0.4) is 0 Å². The van der Waals surface area contributed by atoms with Crippen LogP contribution in [0.2, 0.25) is 5.02 Å². The standard InChI is InChI=1S/C21H21ClN4O3S/c1-14-12-15(2)24-21(23-14)26-30(28,29)19-9-7-18(8-10-19)25-20(27)11-6-16-4-3-5-17(22)13-16/h3-5,7-10,12-13H,6,11H2,1-2H3,(H,25,27)(H,23,24,26).